The normalized spacial score (nSPS) is 12.3. The molecule has 0 saturated carbocycles. The van der Waals surface area contributed by atoms with Crippen LogP contribution < -0.4 is 4.90 Å². The lowest BCUT2D eigenvalue weighted by atomic mass is 10.0. The van der Waals surface area contributed by atoms with Gasteiger partial charge in [-0.25, -0.2) is 4.98 Å². The molecular formula is C24H31N3O3. The molecule has 1 amide bonds. The molecule has 0 fully saturated rings. The van der Waals surface area contributed by atoms with E-state index >= 15 is 0 Å². The predicted octanol–water partition coefficient (Wildman–Crippen LogP) is 3.51. The van der Waals surface area contributed by atoms with Crippen molar-refractivity contribution in [2.45, 2.75) is 46.2 Å². The first-order chi connectivity index (χ1) is 14.5. The lowest BCUT2D eigenvalue weighted by molar-refractivity contribution is -0.119. The van der Waals surface area contributed by atoms with Gasteiger partial charge in [0.2, 0.25) is 5.91 Å². The van der Waals surface area contributed by atoms with Crippen molar-refractivity contribution >= 4 is 22.6 Å². The number of anilines is 1. The molecule has 1 aromatic heterocycles. The highest BCUT2D eigenvalue weighted by atomic mass is 16.5. The van der Waals surface area contributed by atoms with Crippen LogP contribution >= 0.6 is 0 Å². The van der Waals surface area contributed by atoms with Gasteiger partial charge in [-0.3, -0.25) is 4.79 Å². The number of benzene rings is 2. The first-order valence-corrected chi connectivity index (χ1v) is 10.5. The Morgan fingerprint density at radius 3 is 2.70 bits per heavy atom. The molecule has 1 atom stereocenters. The molecule has 1 N–H and O–H groups in total. The second-order valence-corrected chi connectivity index (χ2v) is 7.58. The van der Waals surface area contributed by atoms with E-state index in [4.69, 9.17) is 4.74 Å². The fourth-order valence-electron chi connectivity index (χ4n) is 4.06. The number of hydrogen-bond acceptors (Lipinski definition) is 4. The fraction of sp³-hybridized carbons (Fsp3) is 0.417. The van der Waals surface area contributed by atoms with Crippen molar-refractivity contribution in [1.82, 2.24) is 9.55 Å². The zero-order valence-electron chi connectivity index (χ0n) is 18.3. The van der Waals surface area contributed by atoms with Crippen LogP contribution in [0.3, 0.4) is 0 Å². The Morgan fingerprint density at radius 1 is 1.23 bits per heavy atom. The van der Waals surface area contributed by atoms with Crippen molar-refractivity contribution < 1.29 is 14.6 Å². The smallest absolute Gasteiger partial charge is 0.247 e. The molecule has 0 aliphatic rings. The van der Waals surface area contributed by atoms with Gasteiger partial charge in [-0.2, -0.15) is 0 Å². The highest BCUT2D eigenvalue weighted by molar-refractivity contribution is 5.96. The van der Waals surface area contributed by atoms with Gasteiger partial charge in [0.15, 0.2) is 0 Å². The molecule has 0 aliphatic carbocycles. The number of aryl methyl sites for hydroxylation is 2. The largest absolute Gasteiger partial charge is 0.396 e. The molecule has 1 unspecified atom stereocenters. The number of aromatic nitrogens is 2. The monoisotopic (exact) mass is 409 g/mol. The Labute approximate surface area is 178 Å². The van der Waals surface area contributed by atoms with Crippen molar-refractivity contribution in [3.63, 3.8) is 0 Å². The number of ether oxygens (including phenoxy) is 1. The molecule has 2 aromatic carbocycles. The first-order valence-electron chi connectivity index (χ1n) is 10.5. The Hall–Kier alpha value is -2.70. The summed E-state index contributed by atoms with van der Waals surface area (Å²) in [6.07, 6.45) is 1.24. The number of fused-ring (bicyclic) bond motifs is 1. The van der Waals surface area contributed by atoms with E-state index in [0.717, 1.165) is 34.3 Å². The molecule has 6 heteroatoms. The quantitative estimate of drug-likeness (QED) is 0.587. The zero-order chi connectivity index (χ0) is 21.7. The summed E-state index contributed by atoms with van der Waals surface area (Å²) in [4.78, 5) is 20.2. The molecule has 0 spiro atoms. The first kappa shape index (κ1) is 22.0. The number of carbonyl (C=O) groups excluding carboxylic acids is 1. The number of nitrogens with zero attached hydrogens (tertiary/aromatic N) is 3. The van der Waals surface area contributed by atoms with Gasteiger partial charge in [0.1, 0.15) is 12.4 Å². The van der Waals surface area contributed by atoms with Gasteiger partial charge < -0.3 is 19.3 Å². The summed E-state index contributed by atoms with van der Waals surface area (Å²) in [5, 5.41) is 9.49. The van der Waals surface area contributed by atoms with E-state index in [1.807, 2.05) is 59.7 Å². The molecule has 0 saturated heterocycles. The Balaban J connectivity index is 2.06. The highest BCUT2D eigenvalue weighted by Gasteiger charge is 2.26. The number of aliphatic hydroxyl groups excluding tert-OH is 1. The van der Waals surface area contributed by atoms with Crippen molar-refractivity contribution in [2.24, 2.45) is 0 Å². The van der Waals surface area contributed by atoms with Crippen LogP contribution in [-0.4, -0.2) is 46.9 Å². The average molecular weight is 410 g/mol. The number of aliphatic hydroxyl groups is 1. The third kappa shape index (κ3) is 4.40. The number of para-hydroxylation sites is 3. The van der Waals surface area contributed by atoms with Gasteiger partial charge >= 0.3 is 0 Å². The van der Waals surface area contributed by atoms with E-state index in [1.165, 1.54) is 0 Å². The van der Waals surface area contributed by atoms with Crippen molar-refractivity contribution in [3.8, 4) is 0 Å². The summed E-state index contributed by atoms with van der Waals surface area (Å²) < 4.78 is 7.31. The minimum Gasteiger partial charge on any atom is -0.396 e. The lowest BCUT2D eigenvalue weighted by Crippen LogP contribution is -2.44. The van der Waals surface area contributed by atoms with Crippen molar-refractivity contribution in [1.29, 1.82) is 0 Å². The molecular weight excluding hydrogens is 378 g/mol. The van der Waals surface area contributed by atoms with Gasteiger partial charge in [-0.15, -0.1) is 0 Å². The van der Waals surface area contributed by atoms with Crippen LogP contribution in [0.1, 0.15) is 30.8 Å². The maximum Gasteiger partial charge on any atom is 0.247 e. The summed E-state index contributed by atoms with van der Waals surface area (Å²) in [5.41, 5.74) is 4.89. The molecule has 160 valence electrons. The standard InChI is InChI=1S/C24H31N3O3/c1-5-19-10-8-9-17(2)24(19)27(18(3)16-30-4)23(29)15-26-21-12-7-6-11-20(21)25-22(26)13-14-28/h6-12,18,28H,5,13-16H2,1-4H3. The number of hydrogen-bond donors (Lipinski definition) is 1. The molecule has 0 aliphatic heterocycles. The average Bonchev–Trinajstić information content (AvgIpc) is 3.07. The second-order valence-electron chi connectivity index (χ2n) is 7.58. The van der Waals surface area contributed by atoms with Crippen molar-refractivity contribution in [3.05, 3.63) is 59.4 Å². The number of amides is 1. The molecule has 0 bridgehead atoms. The zero-order valence-corrected chi connectivity index (χ0v) is 18.3. The van der Waals surface area contributed by atoms with Gasteiger partial charge in [0, 0.05) is 13.5 Å². The van der Waals surface area contributed by atoms with E-state index in [1.54, 1.807) is 7.11 Å². The molecule has 3 rings (SSSR count). The summed E-state index contributed by atoms with van der Waals surface area (Å²) in [6.45, 7) is 6.73. The Bertz CT molecular complexity index is 1010. The van der Waals surface area contributed by atoms with Crippen LogP contribution in [0.2, 0.25) is 0 Å². The van der Waals surface area contributed by atoms with Crippen LogP contribution in [0.15, 0.2) is 42.5 Å². The summed E-state index contributed by atoms with van der Waals surface area (Å²) in [5.74, 6) is 0.692. The lowest BCUT2D eigenvalue weighted by Gasteiger charge is -2.32. The summed E-state index contributed by atoms with van der Waals surface area (Å²) in [6, 6.07) is 13.8. The van der Waals surface area contributed by atoms with E-state index in [0.29, 0.717) is 18.9 Å². The van der Waals surface area contributed by atoms with Crippen LogP contribution in [0.5, 0.6) is 0 Å². The maximum atomic E-state index is 13.7. The van der Waals surface area contributed by atoms with E-state index in [2.05, 4.69) is 18.0 Å². The maximum absolute atomic E-state index is 13.7. The number of carbonyl (C=O) groups is 1. The third-order valence-corrected chi connectivity index (χ3v) is 5.42. The highest BCUT2D eigenvalue weighted by Crippen LogP contribution is 2.29. The second kappa shape index (κ2) is 9.87. The van der Waals surface area contributed by atoms with Gasteiger partial charge in [0.05, 0.1) is 36.0 Å². The molecule has 3 aromatic rings. The molecule has 0 radical (unpaired) electrons. The number of imidazole rings is 1. The van der Waals surface area contributed by atoms with Crippen LogP contribution in [0.25, 0.3) is 11.0 Å². The number of rotatable bonds is 9. The third-order valence-electron chi connectivity index (χ3n) is 5.42. The number of methoxy groups -OCH3 is 1. The van der Waals surface area contributed by atoms with Crippen LogP contribution in [0, 0.1) is 6.92 Å². The topological polar surface area (TPSA) is 67.6 Å². The van der Waals surface area contributed by atoms with Crippen LogP contribution in [0.4, 0.5) is 5.69 Å². The molecule has 30 heavy (non-hydrogen) atoms. The predicted molar refractivity (Wildman–Crippen MR) is 120 cm³/mol. The van der Waals surface area contributed by atoms with E-state index in [-0.39, 0.29) is 25.1 Å². The molecule has 6 nitrogen and oxygen atoms in total. The van der Waals surface area contributed by atoms with Gasteiger partial charge in [0.25, 0.3) is 0 Å². The van der Waals surface area contributed by atoms with Gasteiger partial charge in [-0.05, 0) is 43.5 Å². The van der Waals surface area contributed by atoms with E-state index in [9.17, 15) is 9.90 Å². The summed E-state index contributed by atoms with van der Waals surface area (Å²) >= 11 is 0. The summed E-state index contributed by atoms with van der Waals surface area (Å²) in [7, 11) is 1.65. The van der Waals surface area contributed by atoms with Gasteiger partial charge in [-0.1, -0.05) is 37.3 Å². The Kier molecular flexibility index (Phi) is 7.24. The fourth-order valence-corrected chi connectivity index (χ4v) is 4.06. The van der Waals surface area contributed by atoms with E-state index < -0.39 is 0 Å². The SMILES string of the molecule is CCc1cccc(C)c1N(C(=O)Cn1c(CCO)nc2ccccc21)C(C)COC. The Morgan fingerprint density at radius 2 is 2.00 bits per heavy atom. The molecule has 1 heterocycles. The minimum atomic E-state index is -0.120. The minimum absolute atomic E-state index is 0.0148. The van der Waals surface area contributed by atoms with Crippen LogP contribution in [-0.2, 0) is 28.9 Å². The van der Waals surface area contributed by atoms with Crippen molar-refractivity contribution in [2.75, 3.05) is 25.2 Å².